The monoisotopic (exact) mass is 433 g/mol. The van der Waals surface area contributed by atoms with Crippen LogP contribution in [0, 0.1) is 18.3 Å². The lowest BCUT2D eigenvalue weighted by atomic mass is 10.2. The van der Waals surface area contributed by atoms with E-state index in [1.54, 1.807) is 17.6 Å². The lowest BCUT2D eigenvalue weighted by Crippen LogP contribution is -2.23. The zero-order valence-electron chi connectivity index (χ0n) is 17.0. The number of hydrogen-bond donors (Lipinski definition) is 2. The molecular formula is C22H20ClN7O. The maximum Gasteiger partial charge on any atom is 0.267 e. The second kappa shape index (κ2) is 9.24. The van der Waals surface area contributed by atoms with Crippen LogP contribution in [-0.2, 0) is 6.42 Å². The van der Waals surface area contributed by atoms with Gasteiger partial charge in [0.2, 0.25) is 5.95 Å². The third kappa shape index (κ3) is 4.47. The highest BCUT2D eigenvalue weighted by molar-refractivity contribution is 6.35. The van der Waals surface area contributed by atoms with E-state index < -0.39 is 0 Å². The molecule has 0 aliphatic rings. The smallest absolute Gasteiger partial charge is 0.267 e. The van der Waals surface area contributed by atoms with Crippen molar-refractivity contribution < 1.29 is 0 Å². The zero-order valence-corrected chi connectivity index (χ0v) is 17.8. The summed E-state index contributed by atoms with van der Waals surface area (Å²) < 4.78 is 1.63. The Morgan fingerprint density at radius 2 is 1.77 bits per heavy atom. The molecule has 0 amide bonds. The van der Waals surface area contributed by atoms with Crippen LogP contribution in [0.4, 0.5) is 11.8 Å². The second-order valence-corrected chi connectivity index (χ2v) is 6.94. The fraction of sp³-hybridized carbons (Fsp3) is 0.136. The van der Waals surface area contributed by atoms with Gasteiger partial charge in [0.25, 0.3) is 5.56 Å². The molecule has 4 rings (SSSR count). The van der Waals surface area contributed by atoms with Crippen molar-refractivity contribution in [1.29, 1.82) is 5.26 Å². The summed E-state index contributed by atoms with van der Waals surface area (Å²) in [5, 5.41) is 9.44. The van der Waals surface area contributed by atoms with Gasteiger partial charge in [-0.3, -0.25) is 9.36 Å². The van der Waals surface area contributed by atoms with Gasteiger partial charge in [0.15, 0.2) is 0 Å². The summed E-state index contributed by atoms with van der Waals surface area (Å²) in [6.45, 7) is 3.64. The Morgan fingerprint density at radius 3 is 2.39 bits per heavy atom. The van der Waals surface area contributed by atoms with Crippen LogP contribution in [0.3, 0.4) is 0 Å². The molecule has 0 spiro atoms. The number of para-hydroxylation sites is 1. The van der Waals surface area contributed by atoms with Gasteiger partial charge in [-0.2, -0.15) is 10.2 Å². The average Bonchev–Trinajstić information content (AvgIpc) is 2.74. The molecular weight excluding hydrogens is 414 g/mol. The molecule has 0 saturated heterocycles. The normalized spacial score (nSPS) is 10.3. The lowest BCUT2D eigenvalue weighted by molar-refractivity contribution is 0.833. The van der Waals surface area contributed by atoms with Gasteiger partial charge in [0.1, 0.15) is 23.3 Å². The fourth-order valence-corrected chi connectivity index (χ4v) is 3.32. The molecule has 0 atom stereocenters. The molecule has 0 radical (unpaired) electrons. The first-order valence-corrected chi connectivity index (χ1v) is 9.80. The maximum absolute atomic E-state index is 12.8. The lowest BCUT2D eigenvalue weighted by Gasteiger charge is -2.12. The minimum Gasteiger partial charge on any atom is -0.382 e. The number of nitrogen functional groups attached to an aromatic ring is 2. The summed E-state index contributed by atoms with van der Waals surface area (Å²) in [7, 11) is 0. The number of halogens is 1. The number of fused-ring (bicyclic) bond motifs is 1. The minimum absolute atomic E-state index is 0.0963. The van der Waals surface area contributed by atoms with Crippen molar-refractivity contribution in [3.63, 3.8) is 0 Å². The van der Waals surface area contributed by atoms with Crippen LogP contribution >= 0.6 is 11.6 Å². The summed E-state index contributed by atoms with van der Waals surface area (Å²) in [4.78, 5) is 24.7. The van der Waals surface area contributed by atoms with Gasteiger partial charge in [0, 0.05) is 6.42 Å². The van der Waals surface area contributed by atoms with Gasteiger partial charge >= 0.3 is 0 Å². The topological polar surface area (TPSA) is 136 Å². The van der Waals surface area contributed by atoms with Gasteiger partial charge in [-0.15, -0.1) is 0 Å². The van der Waals surface area contributed by atoms with E-state index in [2.05, 4.69) is 15.0 Å². The average molecular weight is 434 g/mol. The molecule has 0 saturated carbocycles. The Bertz CT molecular complexity index is 1320. The first kappa shape index (κ1) is 21.7. The van der Waals surface area contributed by atoms with Crippen LogP contribution in [0.1, 0.15) is 24.0 Å². The van der Waals surface area contributed by atoms with Gasteiger partial charge in [-0.25, -0.2) is 9.97 Å². The third-order valence-corrected chi connectivity index (χ3v) is 4.81. The van der Waals surface area contributed by atoms with Crippen molar-refractivity contribution >= 4 is 34.3 Å². The van der Waals surface area contributed by atoms with Crippen LogP contribution in [0.15, 0.2) is 53.3 Å². The van der Waals surface area contributed by atoms with Crippen LogP contribution in [0.2, 0.25) is 5.02 Å². The van der Waals surface area contributed by atoms with Crippen molar-refractivity contribution in [3.8, 4) is 11.8 Å². The van der Waals surface area contributed by atoms with Crippen LogP contribution in [-0.4, -0.2) is 19.5 Å². The van der Waals surface area contributed by atoms with Crippen LogP contribution in [0.25, 0.3) is 16.6 Å². The van der Waals surface area contributed by atoms with Crippen molar-refractivity contribution in [1.82, 2.24) is 19.5 Å². The highest BCUT2D eigenvalue weighted by Gasteiger charge is 2.13. The van der Waals surface area contributed by atoms with Gasteiger partial charge < -0.3 is 11.5 Å². The Labute approximate surface area is 183 Å². The molecule has 4 aromatic rings. The molecule has 2 aromatic carbocycles. The maximum atomic E-state index is 12.8. The van der Waals surface area contributed by atoms with E-state index in [0.717, 1.165) is 11.5 Å². The Kier molecular flexibility index (Phi) is 6.48. The van der Waals surface area contributed by atoms with E-state index in [1.165, 1.54) is 0 Å². The van der Waals surface area contributed by atoms with Crippen molar-refractivity contribution in [2.45, 2.75) is 20.3 Å². The molecule has 0 aliphatic heterocycles. The van der Waals surface area contributed by atoms with Gasteiger partial charge in [-0.1, -0.05) is 42.8 Å². The quantitative estimate of drug-likeness (QED) is 0.494. The van der Waals surface area contributed by atoms with Crippen molar-refractivity contribution in [2.24, 2.45) is 0 Å². The number of nitrogens with zero attached hydrogens (tertiary/aromatic N) is 5. The molecule has 0 aliphatic carbocycles. The van der Waals surface area contributed by atoms with E-state index in [-0.39, 0.29) is 17.3 Å². The summed E-state index contributed by atoms with van der Waals surface area (Å²) >= 11 is 6.16. The summed E-state index contributed by atoms with van der Waals surface area (Å²) in [6, 6.07) is 16.7. The number of benzene rings is 2. The highest BCUT2D eigenvalue weighted by Crippen LogP contribution is 2.20. The molecule has 31 heavy (non-hydrogen) atoms. The Hall–Kier alpha value is -3.96. The van der Waals surface area contributed by atoms with Crippen LogP contribution < -0.4 is 17.0 Å². The number of hydrogen-bond acceptors (Lipinski definition) is 7. The predicted molar refractivity (Wildman–Crippen MR) is 122 cm³/mol. The highest BCUT2D eigenvalue weighted by atomic mass is 35.5. The molecule has 0 fully saturated rings. The SMILES string of the molecule is CCc1nc2cccc(Cl)c2c(=O)n1-c1ccccc1.Cc1nc(N)nc(N)c1C#N. The molecule has 4 N–H and O–H groups in total. The first-order chi connectivity index (χ1) is 14.9. The molecule has 156 valence electrons. The van der Waals surface area contributed by atoms with E-state index in [0.29, 0.717) is 33.6 Å². The number of nitriles is 1. The van der Waals surface area contributed by atoms with Gasteiger partial charge in [0.05, 0.1) is 27.3 Å². The zero-order chi connectivity index (χ0) is 22.5. The summed E-state index contributed by atoms with van der Waals surface area (Å²) in [5.74, 6) is 0.965. The van der Waals surface area contributed by atoms with Crippen LogP contribution in [0.5, 0.6) is 0 Å². The van der Waals surface area contributed by atoms with E-state index >= 15 is 0 Å². The number of aromatic nitrogens is 4. The molecule has 0 bridgehead atoms. The van der Waals surface area contributed by atoms with Gasteiger partial charge in [-0.05, 0) is 31.2 Å². The molecule has 2 heterocycles. The number of aryl methyl sites for hydroxylation is 2. The summed E-state index contributed by atoms with van der Waals surface area (Å²) in [6.07, 6.45) is 0.673. The van der Waals surface area contributed by atoms with E-state index in [1.807, 2.05) is 55.5 Å². The molecule has 9 heteroatoms. The van der Waals surface area contributed by atoms with E-state index in [9.17, 15) is 4.79 Å². The molecule has 8 nitrogen and oxygen atoms in total. The molecule has 0 unspecified atom stereocenters. The fourth-order valence-electron chi connectivity index (χ4n) is 3.07. The third-order valence-electron chi connectivity index (χ3n) is 4.49. The predicted octanol–water partition coefficient (Wildman–Crippen LogP) is 3.42. The number of anilines is 2. The van der Waals surface area contributed by atoms with E-state index in [4.69, 9.17) is 28.3 Å². The van der Waals surface area contributed by atoms with Crippen molar-refractivity contribution in [3.05, 3.63) is 81.0 Å². The first-order valence-electron chi connectivity index (χ1n) is 9.42. The molecule has 2 aromatic heterocycles. The largest absolute Gasteiger partial charge is 0.382 e. The Morgan fingerprint density at radius 1 is 1.06 bits per heavy atom. The van der Waals surface area contributed by atoms with Crippen molar-refractivity contribution in [2.75, 3.05) is 11.5 Å². The standard InChI is InChI=1S/C16H13ClN2O.C6H7N5/c1-2-14-18-13-10-6-9-12(17)15(13)16(20)19(14)11-7-4-3-5-8-11;1-3-4(2-7)5(8)11-6(9)10-3/h3-10H,2H2,1H3;1H3,(H4,8,9,10,11). The second-order valence-electron chi connectivity index (χ2n) is 6.53. The summed E-state index contributed by atoms with van der Waals surface area (Å²) in [5.41, 5.74) is 12.8. The Balaban J connectivity index is 0.000000210. The number of rotatable bonds is 2. The number of nitrogens with two attached hydrogens (primary N) is 2. The minimum atomic E-state index is -0.122.